The Morgan fingerprint density at radius 2 is 1.60 bits per heavy atom. The van der Waals surface area contributed by atoms with E-state index in [0.717, 1.165) is 33.3 Å². The Labute approximate surface area is 251 Å². The highest BCUT2D eigenvalue weighted by Crippen LogP contribution is 2.49. The van der Waals surface area contributed by atoms with Gasteiger partial charge in [0.2, 0.25) is 5.91 Å². The molecule has 224 valence electrons. The van der Waals surface area contributed by atoms with Gasteiger partial charge >= 0.3 is 0 Å². The van der Waals surface area contributed by atoms with Gasteiger partial charge in [0.15, 0.2) is 28.5 Å². The number of hydrogen-bond donors (Lipinski definition) is 1. The molecule has 2 atom stereocenters. The first-order valence-corrected chi connectivity index (χ1v) is 14.5. The lowest BCUT2D eigenvalue weighted by Gasteiger charge is -2.51. The molecule has 1 saturated heterocycles. The lowest BCUT2D eigenvalue weighted by molar-refractivity contribution is -0.166. The number of aromatic nitrogens is 1. The predicted octanol–water partition coefficient (Wildman–Crippen LogP) is 5.21. The molecule has 3 aromatic carbocycles. The number of hydrogen-bond acceptors (Lipinski definition) is 6. The molecule has 6 rings (SSSR count). The molecule has 1 N–H and O–H groups in total. The van der Waals surface area contributed by atoms with E-state index in [-0.39, 0.29) is 36.9 Å². The number of para-hydroxylation sites is 1. The molecular weight excluding hydrogens is 546 g/mol. The molecule has 43 heavy (non-hydrogen) atoms. The van der Waals surface area contributed by atoms with E-state index < -0.39 is 5.54 Å². The molecule has 0 saturated carbocycles. The van der Waals surface area contributed by atoms with Gasteiger partial charge in [-0.3, -0.25) is 9.59 Å². The summed E-state index contributed by atoms with van der Waals surface area (Å²) in [5.41, 5.74) is 3.29. The van der Waals surface area contributed by atoms with Crippen LogP contribution in [0.25, 0.3) is 10.9 Å². The first kappa shape index (κ1) is 28.5. The van der Waals surface area contributed by atoms with Gasteiger partial charge in [0, 0.05) is 29.9 Å². The van der Waals surface area contributed by atoms with Crippen LogP contribution < -0.4 is 18.9 Å². The zero-order valence-electron chi connectivity index (χ0n) is 25.4. The maximum absolute atomic E-state index is 14.5. The SMILES string of the molecule is COc1ccc(CN2CC(=O)N3CC(c4ccc(OC(C)C)c(OC)c4)c4c([nH]c5ccccc45)C3(C)C2=O)cc1OC. The van der Waals surface area contributed by atoms with Crippen molar-refractivity contribution in [1.82, 2.24) is 14.8 Å². The van der Waals surface area contributed by atoms with Crippen molar-refractivity contribution >= 4 is 22.7 Å². The Kier molecular flexibility index (Phi) is 7.20. The van der Waals surface area contributed by atoms with Crippen LogP contribution in [0, 0.1) is 0 Å². The Morgan fingerprint density at radius 3 is 2.33 bits per heavy atom. The third-order valence-corrected chi connectivity index (χ3v) is 8.59. The van der Waals surface area contributed by atoms with E-state index in [9.17, 15) is 9.59 Å². The number of piperazine rings is 1. The number of nitrogens with one attached hydrogen (secondary N) is 1. The minimum atomic E-state index is -1.21. The molecule has 2 aliphatic heterocycles. The van der Waals surface area contributed by atoms with E-state index in [2.05, 4.69) is 11.1 Å². The number of rotatable bonds is 8. The molecule has 9 nitrogen and oxygen atoms in total. The quantitative estimate of drug-likeness (QED) is 0.306. The molecule has 3 heterocycles. The van der Waals surface area contributed by atoms with Gasteiger partial charge in [-0.2, -0.15) is 0 Å². The van der Waals surface area contributed by atoms with Gasteiger partial charge in [0.1, 0.15) is 6.54 Å². The summed E-state index contributed by atoms with van der Waals surface area (Å²) in [5, 5.41) is 1.03. The summed E-state index contributed by atoms with van der Waals surface area (Å²) in [6.07, 6.45) is -0.00529. The number of carbonyl (C=O) groups excluding carboxylic acids is 2. The molecule has 2 amide bonds. The van der Waals surface area contributed by atoms with Crippen LogP contribution in [0.4, 0.5) is 0 Å². The van der Waals surface area contributed by atoms with Gasteiger partial charge in [-0.15, -0.1) is 0 Å². The maximum atomic E-state index is 14.5. The van der Waals surface area contributed by atoms with Crippen LogP contribution >= 0.6 is 0 Å². The van der Waals surface area contributed by atoms with Crippen LogP contribution in [0.5, 0.6) is 23.0 Å². The molecule has 9 heteroatoms. The second kappa shape index (κ2) is 10.9. The maximum Gasteiger partial charge on any atom is 0.255 e. The van der Waals surface area contributed by atoms with Gasteiger partial charge in [-0.25, -0.2) is 0 Å². The van der Waals surface area contributed by atoms with Crippen molar-refractivity contribution < 1.29 is 28.5 Å². The fourth-order valence-corrected chi connectivity index (χ4v) is 6.55. The van der Waals surface area contributed by atoms with Crippen LogP contribution in [0.1, 0.15) is 49.1 Å². The summed E-state index contributed by atoms with van der Waals surface area (Å²) in [7, 11) is 4.78. The van der Waals surface area contributed by atoms with Gasteiger partial charge in [-0.1, -0.05) is 30.3 Å². The first-order chi connectivity index (χ1) is 20.7. The van der Waals surface area contributed by atoms with Crippen LogP contribution in [-0.4, -0.2) is 67.1 Å². The fraction of sp³-hybridized carbons (Fsp3) is 0.353. The summed E-state index contributed by atoms with van der Waals surface area (Å²) >= 11 is 0. The standard InChI is InChI=1S/C34H37N3O6/c1-20(2)43-27-14-12-22(16-29(27)42-6)24-18-37-30(38)19-36(17-21-11-13-26(40-4)28(15-21)41-5)33(39)34(37,3)32-31(24)23-9-7-8-10-25(23)35-32/h7-16,20,24,35H,17-19H2,1-6H3. The normalized spacial score (nSPS) is 19.8. The molecule has 0 bridgehead atoms. The van der Waals surface area contributed by atoms with Gasteiger partial charge in [-0.05, 0) is 67.8 Å². The molecular formula is C34H37N3O6. The number of fused-ring (bicyclic) bond motifs is 5. The number of aromatic amines is 1. The number of methoxy groups -OCH3 is 3. The summed E-state index contributed by atoms with van der Waals surface area (Å²) in [4.78, 5) is 35.3. The molecule has 0 radical (unpaired) electrons. The van der Waals surface area contributed by atoms with Gasteiger partial charge in [0.05, 0.1) is 33.1 Å². The Bertz CT molecular complexity index is 1710. The van der Waals surface area contributed by atoms with Crippen molar-refractivity contribution in [3.63, 3.8) is 0 Å². The molecule has 0 aliphatic carbocycles. The number of benzene rings is 3. The molecule has 0 spiro atoms. The minimum Gasteiger partial charge on any atom is -0.493 e. The van der Waals surface area contributed by atoms with E-state index in [4.69, 9.17) is 18.9 Å². The number of ether oxygens (including phenoxy) is 4. The lowest BCUT2D eigenvalue weighted by atomic mass is 9.76. The van der Waals surface area contributed by atoms with E-state index in [1.54, 1.807) is 31.1 Å². The highest BCUT2D eigenvalue weighted by Gasteiger charge is 2.56. The van der Waals surface area contributed by atoms with E-state index in [1.165, 1.54) is 0 Å². The topological polar surface area (TPSA) is 93.3 Å². The van der Waals surface area contributed by atoms with Crippen LogP contribution in [-0.2, 0) is 21.7 Å². The van der Waals surface area contributed by atoms with Crippen molar-refractivity contribution in [2.45, 2.75) is 44.9 Å². The van der Waals surface area contributed by atoms with E-state index >= 15 is 0 Å². The fourth-order valence-electron chi connectivity index (χ4n) is 6.55. The molecule has 2 unspecified atom stereocenters. The predicted molar refractivity (Wildman–Crippen MR) is 163 cm³/mol. The zero-order chi connectivity index (χ0) is 30.5. The molecule has 1 aromatic heterocycles. The number of H-pyrrole nitrogens is 1. The van der Waals surface area contributed by atoms with Crippen molar-refractivity contribution in [2.75, 3.05) is 34.4 Å². The van der Waals surface area contributed by atoms with Crippen molar-refractivity contribution in [2.24, 2.45) is 0 Å². The third-order valence-electron chi connectivity index (χ3n) is 8.59. The lowest BCUT2D eigenvalue weighted by Crippen LogP contribution is -2.67. The van der Waals surface area contributed by atoms with Crippen molar-refractivity contribution in [3.8, 4) is 23.0 Å². The summed E-state index contributed by atoms with van der Waals surface area (Å²) in [6, 6.07) is 19.5. The van der Waals surface area contributed by atoms with Gasteiger partial charge < -0.3 is 33.7 Å². The largest absolute Gasteiger partial charge is 0.493 e. The Balaban J connectivity index is 1.44. The van der Waals surface area contributed by atoms with Crippen LogP contribution in [0.3, 0.4) is 0 Å². The number of nitrogens with zero attached hydrogens (tertiary/aromatic N) is 2. The zero-order valence-corrected chi connectivity index (χ0v) is 25.4. The average Bonchev–Trinajstić information content (AvgIpc) is 3.40. The van der Waals surface area contributed by atoms with E-state index in [0.29, 0.717) is 29.5 Å². The van der Waals surface area contributed by atoms with Crippen LogP contribution in [0.15, 0.2) is 60.7 Å². The summed E-state index contributed by atoms with van der Waals surface area (Å²) in [6.45, 7) is 6.41. The van der Waals surface area contributed by atoms with Crippen molar-refractivity contribution in [3.05, 3.63) is 83.0 Å². The summed E-state index contributed by atoms with van der Waals surface area (Å²) < 4.78 is 22.5. The second-order valence-corrected chi connectivity index (χ2v) is 11.5. The van der Waals surface area contributed by atoms with Crippen molar-refractivity contribution in [1.29, 1.82) is 0 Å². The summed E-state index contributed by atoms with van der Waals surface area (Å²) in [5.74, 6) is 2.04. The third kappa shape index (κ3) is 4.63. The second-order valence-electron chi connectivity index (χ2n) is 11.5. The number of carbonyl (C=O) groups is 2. The Hall–Kier alpha value is -4.66. The average molecular weight is 584 g/mol. The first-order valence-electron chi connectivity index (χ1n) is 14.5. The van der Waals surface area contributed by atoms with Crippen LogP contribution in [0.2, 0.25) is 0 Å². The molecule has 2 aliphatic rings. The minimum absolute atomic E-state index is 0.00529. The number of amides is 2. The van der Waals surface area contributed by atoms with Gasteiger partial charge in [0.25, 0.3) is 5.91 Å². The highest BCUT2D eigenvalue weighted by molar-refractivity contribution is 6.01. The molecule has 1 fully saturated rings. The smallest absolute Gasteiger partial charge is 0.255 e. The monoisotopic (exact) mass is 583 g/mol. The van der Waals surface area contributed by atoms with E-state index in [1.807, 2.05) is 75.4 Å². The molecule has 4 aromatic rings. The highest BCUT2D eigenvalue weighted by atomic mass is 16.5. The Morgan fingerprint density at radius 1 is 0.907 bits per heavy atom.